The smallest absolute Gasteiger partial charge is 0.187 e. The monoisotopic (exact) mass is 240 g/mol. The average molecular weight is 240 g/mol. The largest absolute Gasteiger partial charge is 0.354 e. The van der Waals surface area contributed by atoms with E-state index in [1.165, 1.54) is 6.33 Å². The lowest BCUT2D eigenvalue weighted by Crippen LogP contribution is -2.33. The van der Waals surface area contributed by atoms with E-state index in [2.05, 4.69) is 9.97 Å². The zero-order chi connectivity index (χ0) is 12.8. The minimum Gasteiger partial charge on any atom is -0.354 e. The first kappa shape index (κ1) is 13.8. The highest BCUT2D eigenvalue weighted by molar-refractivity contribution is 5.40. The van der Waals surface area contributed by atoms with E-state index in [1.54, 1.807) is 0 Å². The van der Waals surface area contributed by atoms with Gasteiger partial charge < -0.3 is 10.6 Å². The van der Waals surface area contributed by atoms with Crippen molar-refractivity contribution in [2.75, 3.05) is 24.5 Å². The molecule has 0 aliphatic carbocycles. The molecule has 17 heavy (non-hydrogen) atoms. The Kier molecular flexibility index (Phi) is 5.28. The summed E-state index contributed by atoms with van der Waals surface area (Å²) in [4.78, 5) is 9.89. The number of hydrogen-bond donors (Lipinski definition) is 1. The normalized spacial score (nSPS) is 12.5. The van der Waals surface area contributed by atoms with E-state index in [0.29, 0.717) is 43.5 Å². The van der Waals surface area contributed by atoms with Gasteiger partial charge in [0.1, 0.15) is 6.33 Å². The number of nitrogens with two attached hydrogens (primary N) is 1. The first-order valence-electron chi connectivity index (χ1n) is 6.08. The van der Waals surface area contributed by atoms with Crippen molar-refractivity contribution < 1.29 is 4.39 Å². The van der Waals surface area contributed by atoms with Gasteiger partial charge >= 0.3 is 0 Å². The molecule has 0 radical (unpaired) electrons. The number of hydrogen-bond acceptors (Lipinski definition) is 4. The van der Waals surface area contributed by atoms with Gasteiger partial charge in [0.05, 0.1) is 5.69 Å². The molecule has 4 nitrogen and oxygen atoms in total. The van der Waals surface area contributed by atoms with Gasteiger partial charge in [-0.05, 0) is 25.8 Å². The highest BCUT2D eigenvalue weighted by Crippen LogP contribution is 2.19. The quantitative estimate of drug-likeness (QED) is 0.820. The maximum atomic E-state index is 14.1. The molecule has 0 aromatic carbocycles. The summed E-state index contributed by atoms with van der Waals surface area (Å²) in [6.45, 7) is 7.92. The molecule has 96 valence electrons. The third kappa shape index (κ3) is 3.36. The van der Waals surface area contributed by atoms with Crippen LogP contribution in [0.3, 0.4) is 0 Å². The fourth-order valence-electron chi connectivity index (χ4n) is 1.68. The topological polar surface area (TPSA) is 55.0 Å². The van der Waals surface area contributed by atoms with Crippen LogP contribution in [0, 0.1) is 11.7 Å². The van der Waals surface area contributed by atoms with Crippen molar-refractivity contribution in [3.63, 3.8) is 0 Å². The molecule has 1 heterocycles. The van der Waals surface area contributed by atoms with Crippen LogP contribution in [0.4, 0.5) is 10.2 Å². The fraction of sp³-hybridized carbons (Fsp3) is 0.667. The second-order valence-corrected chi connectivity index (χ2v) is 4.19. The number of aromatic nitrogens is 2. The van der Waals surface area contributed by atoms with Gasteiger partial charge in [-0.2, -0.15) is 0 Å². The number of aryl methyl sites for hydroxylation is 1. The van der Waals surface area contributed by atoms with Gasteiger partial charge in [0.15, 0.2) is 11.6 Å². The summed E-state index contributed by atoms with van der Waals surface area (Å²) < 4.78 is 14.1. The lowest BCUT2D eigenvalue weighted by molar-refractivity contribution is 0.545. The molecule has 0 amide bonds. The molecule has 1 unspecified atom stereocenters. The minimum absolute atomic E-state index is 0.305. The number of rotatable bonds is 6. The van der Waals surface area contributed by atoms with Crippen LogP contribution in [0.25, 0.3) is 0 Å². The van der Waals surface area contributed by atoms with Crippen LogP contribution in [-0.4, -0.2) is 29.6 Å². The summed E-state index contributed by atoms with van der Waals surface area (Å²) in [5.74, 6) is 0.398. The Morgan fingerprint density at radius 2 is 2.12 bits per heavy atom. The zero-order valence-electron chi connectivity index (χ0n) is 10.8. The van der Waals surface area contributed by atoms with Gasteiger partial charge in [-0.3, -0.25) is 0 Å². The molecule has 2 N–H and O–H groups in total. The van der Waals surface area contributed by atoms with Crippen LogP contribution < -0.4 is 10.6 Å². The molecule has 0 fully saturated rings. The van der Waals surface area contributed by atoms with Crippen molar-refractivity contribution in [1.29, 1.82) is 0 Å². The Balaban J connectivity index is 2.95. The SMILES string of the molecule is CCc1ncnc(N(CC)CC(C)CN)c1F. The summed E-state index contributed by atoms with van der Waals surface area (Å²) in [6, 6.07) is 0. The molecule has 1 rings (SSSR count). The Bertz CT molecular complexity index is 356. The molecule has 0 saturated carbocycles. The van der Waals surface area contributed by atoms with Crippen molar-refractivity contribution in [2.45, 2.75) is 27.2 Å². The van der Waals surface area contributed by atoms with Crippen molar-refractivity contribution >= 4 is 5.82 Å². The highest BCUT2D eigenvalue weighted by atomic mass is 19.1. The van der Waals surface area contributed by atoms with E-state index in [9.17, 15) is 4.39 Å². The van der Waals surface area contributed by atoms with Crippen LogP contribution in [0.5, 0.6) is 0 Å². The minimum atomic E-state index is -0.305. The van der Waals surface area contributed by atoms with E-state index in [1.807, 2.05) is 25.7 Å². The standard InChI is InChI=1S/C12H21FN4/c1-4-10-11(13)12(16-8-15-10)17(5-2)7-9(3)6-14/h8-9H,4-7,14H2,1-3H3. The third-order valence-corrected chi connectivity index (χ3v) is 2.79. The van der Waals surface area contributed by atoms with Crippen LogP contribution in [0.1, 0.15) is 26.5 Å². The molecule has 1 aromatic heterocycles. The Morgan fingerprint density at radius 1 is 1.41 bits per heavy atom. The molecule has 0 bridgehead atoms. The second-order valence-electron chi connectivity index (χ2n) is 4.19. The predicted molar refractivity (Wildman–Crippen MR) is 67.5 cm³/mol. The second kappa shape index (κ2) is 6.49. The zero-order valence-corrected chi connectivity index (χ0v) is 10.8. The summed E-state index contributed by atoms with van der Waals surface area (Å²) in [5.41, 5.74) is 6.06. The Labute approximate surface area is 102 Å². The average Bonchev–Trinajstić information content (AvgIpc) is 2.36. The van der Waals surface area contributed by atoms with E-state index >= 15 is 0 Å². The molecule has 1 aromatic rings. The Morgan fingerprint density at radius 3 is 2.65 bits per heavy atom. The van der Waals surface area contributed by atoms with E-state index in [4.69, 9.17) is 5.73 Å². The molecule has 0 aliphatic heterocycles. The van der Waals surface area contributed by atoms with Crippen molar-refractivity contribution in [3.8, 4) is 0 Å². The molecule has 1 atom stereocenters. The summed E-state index contributed by atoms with van der Waals surface area (Å²) in [6.07, 6.45) is 2.00. The molecule has 0 saturated heterocycles. The molecular weight excluding hydrogens is 219 g/mol. The van der Waals surface area contributed by atoms with Crippen molar-refractivity contribution in [3.05, 3.63) is 17.8 Å². The van der Waals surface area contributed by atoms with Crippen LogP contribution >= 0.6 is 0 Å². The van der Waals surface area contributed by atoms with Crippen LogP contribution in [-0.2, 0) is 6.42 Å². The summed E-state index contributed by atoms with van der Waals surface area (Å²) >= 11 is 0. The molecule has 5 heteroatoms. The molecular formula is C12H21FN4. The molecule has 0 aliphatic rings. The first-order valence-corrected chi connectivity index (χ1v) is 6.08. The number of halogens is 1. The van der Waals surface area contributed by atoms with Gasteiger partial charge in [-0.1, -0.05) is 13.8 Å². The van der Waals surface area contributed by atoms with E-state index < -0.39 is 0 Å². The molecule has 0 spiro atoms. The summed E-state index contributed by atoms with van der Waals surface area (Å²) in [7, 11) is 0. The Hall–Kier alpha value is -1.23. The van der Waals surface area contributed by atoms with Gasteiger partial charge in [0.25, 0.3) is 0 Å². The van der Waals surface area contributed by atoms with Crippen LogP contribution in [0.15, 0.2) is 6.33 Å². The first-order chi connectivity index (χ1) is 8.13. The van der Waals surface area contributed by atoms with Gasteiger partial charge in [0.2, 0.25) is 0 Å². The lowest BCUT2D eigenvalue weighted by Gasteiger charge is -2.25. The maximum Gasteiger partial charge on any atom is 0.187 e. The van der Waals surface area contributed by atoms with Gasteiger partial charge in [-0.15, -0.1) is 0 Å². The fourth-order valence-corrected chi connectivity index (χ4v) is 1.68. The van der Waals surface area contributed by atoms with E-state index in [0.717, 1.165) is 0 Å². The lowest BCUT2D eigenvalue weighted by atomic mass is 10.1. The maximum absolute atomic E-state index is 14.1. The summed E-state index contributed by atoms with van der Waals surface area (Å²) in [5, 5.41) is 0. The third-order valence-electron chi connectivity index (χ3n) is 2.79. The van der Waals surface area contributed by atoms with Crippen LogP contribution in [0.2, 0.25) is 0 Å². The van der Waals surface area contributed by atoms with Gasteiger partial charge in [0, 0.05) is 13.1 Å². The highest BCUT2D eigenvalue weighted by Gasteiger charge is 2.16. The van der Waals surface area contributed by atoms with Gasteiger partial charge in [-0.25, -0.2) is 14.4 Å². The van der Waals surface area contributed by atoms with Crippen molar-refractivity contribution in [1.82, 2.24) is 9.97 Å². The predicted octanol–water partition coefficient (Wildman–Crippen LogP) is 1.60. The number of nitrogens with zero attached hydrogens (tertiary/aromatic N) is 3. The van der Waals surface area contributed by atoms with E-state index in [-0.39, 0.29) is 5.82 Å². The van der Waals surface area contributed by atoms with Crippen molar-refractivity contribution in [2.24, 2.45) is 11.7 Å². The number of anilines is 1.